The second kappa shape index (κ2) is 17.1. The number of carbonyl (C=O) groups is 2. The van der Waals surface area contributed by atoms with E-state index in [2.05, 4.69) is 24.6 Å². The molecule has 1 aromatic heterocycles. The monoisotopic (exact) mass is 753 g/mol. The van der Waals surface area contributed by atoms with Crippen molar-refractivity contribution in [2.24, 2.45) is 21.6 Å². The number of amidine groups is 1. The molecule has 282 valence electrons. The average molecular weight is 754 g/mol. The smallest absolute Gasteiger partial charge is 0.418 e. The van der Waals surface area contributed by atoms with Gasteiger partial charge in [0.2, 0.25) is 6.41 Å². The van der Waals surface area contributed by atoms with Gasteiger partial charge in [0.25, 0.3) is 5.91 Å². The highest BCUT2D eigenvalue weighted by Gasteiger charge is 2.38. The fourth-order valence-corrected chi connectivity index (χ4v) is 6.54. The number of aryl methyl sites for hydroxylation is 1. The number of hydrogen-bond acceptors (Lipinski definition) is 15. The van der Waals surface area contributed by atoms with Gasteiger partial charge in [-0.2, -0.15) is 13.5 Å². The number of nitrogens with two attached hydrogens (primary N) is 3. The van der Waals surface area contributed by atoms with Crippen LogP contribution in [-0.2, 0) is 35.5 Å². The molecule has 18 nitrogen and oxygen atoms in total. The second-order valence-electron chi connectivity index (χ2n) is 13.1. The summed E-state index contributed by atoms with van der Waals surface area (Å²) in [4.78, 5) is 41.9. The van der Waals surface area contributed by atoms with Crippen LogP contribution in [0.15, 0.2) is 33.7 Å². The number of amides is 2. The lowest BCUT2D eigenvalue weighted by molar-refractivity contribution is -0.166. The highest BCUT2D eigenvalue weighted by atomic mass is 32.3. The Hall–Kier alpha value is -3.92. The van der Waals surface area contributed by atoms with Crippen LogP contribution in [0.5, 0.6) is 5.75 Å². The van der Waals surface area contributed by atoms with E-state index < -0.39 is 46.2 Å². The van der Waals surface area contributed by atoms with Crippen LogP contribution in [0.25, 0.3) is 0 Å². The van der Waals surface area contributed by atoms with Crippen molar-refractivity contribution in [3.8, 4) is 5.75 Å². The zero-order chi connectivity index (χ0) is 37.5. The molecule has 1 fully saturated rings. The summed E-state index contributed by atoms with van der Waals surface area (Å²) in [6.45, 7) is 8.52. The Kier molecular flexibility index (Phi) is 13.3. The molecule has 2 aliphatic heterocycles. The van der Waals surface area contributed by atoms with E-state index in [1.807, 2.05) is 18.2 Å². The van der Waals surface area contributed by atoms with Crippen LogP contribution in [0, 0.1) is 0 Å². The van der Waals surface area contributed by atoms with Crippen molar-refractivity contribution in [1.82, 2.24) is 20.3 Å². The van der Waals surface area contributed by atoms with E-state index in [1.54, 1.807) is 6.92 Å². The van der Waals surface area contributed by atoms with Crippen LogP contribution in [-0.4, -0.2) is 119 Å². The minimum Gasteiger partial charge on any atom is -0.486 e. The van der Waals surface area contributed by atoms with Gasteiger partial charge in [-0.3, -0.25) is 19.1 Å². The summed E-state index contributed by atoms with van der Waals surface area (Å²) in [6.07, 6.45) is 1.45. The number of nitrogens with zero attached hydrogens (tertiary/aromatic N) is 5. The second-order valence-corrected chi connectivity index (χ2v) is 15.0. The number of likely N-dealkylation sites (tertiary alicyclic amines) is 1. The number of hydrogen-bond donors (Lipinski definition) is 6. The number of fused-ring (bicyclic) bond motifs is 1. The maximum absolute atomic E-state index is 13.5. The van der Waals surface area contributed by atoms with Gasteiger partial charge in [0, 0.05) is 37.1 Å². The number of carbonyl (C=O) groups excluding carboxylic acids is 2. The van der Waals surface area contributed by atoms with Crippen LogP contribution in [0.2, 0.25) is 0 Å². The number of oxime groups is 1. The van der Waals surface area contributed by atoms with Crippen LogP contribution in [0.3, 0.4) is 0 Å². The first-order valence-corrected chi connectivity index (χ1v) is 18.7. The quantitative estimate of drug-likeness (QED) is 0.0440. The molecule has 4 atom stereocenters. The summed E-state index contributed by atoms with van der Waals surface area (Å²) in [5, 5.41) is 18.7. The first-order chi connectivity index (χ1) is 24.0. The van der Waals surface area contributed by atoms with E-state index in [4.69, 9.17) is 36.3 Å². The molecular weight excluding hydrogens is 707 g/mol. The maximum atomic E-state index is 13.5. The number of rotatable bonds is 16. The predicted octanol–water partition coefficient (Wildman–Crippen LogP) is 0.194. The van der Waals surface area contributed by atoms with Gasteiger partial charge in [-0.05, 0) is 77.1 Å². The molecule has 3 heterocycles. The van der Waals surface area contributed by atoms with Crippen LogP contribution >= 0.6 is 11.3 Å². The standard InChI is InChI=1S/C31H47N9O9S2/c1-18(48-38-27(24-16-50-30(34)37-24)29(43)35-19(2)31(3,4)40(17-41)49-51(44,45)46)25-7-5-20-13-21(6-8-26(20)47-25)28(33)36-22-9-11-39(12-10-22)15-23(42)14-32/h6,8,13,16-19,22-23,25,42H,5,7,9-12,14-15,32H2,1-4H3,(H2,33,36)(H2,34,37)(H,35,43)(H,44,45,46)/b38-27-. The van der Waals surface area contributed by atoms with E-state index >= 15 is 0 Å². The van der Waals surface area contributed by atoms with Gasteiger partial charge in [0.15, 0.2) is 16.9 Å². The number of ether oxygens (including phenoxy) is 1. The van der Waals surface area contributed by atoms with Crippen molar-refractivity contribution in [3.05, 3.63) is 40.4 Å². The largest absolute Gasteiger partial charge is 0.486 e. The molecule has 20 heteroatoms. The van der Waals surface area contributed by atoms with Crippen LogP contribution in [0.4, 0.5) is 5.13 Å². The van der Waals surface area contributed by atoms with Gasteiger partial charge < -0.3 is 42.1 Å². The Morgan fingerprint density at radius 1 is 1.29 bits per heavy atom. The first kappa shape index (κ1) is 39.9. The van der Waals surface area contributed by atoms with Crippen molar-refractivity contribution in [2.45, 2.75) is 89.3 Å². The van der Waals surface area contributed by atoms with Crippen LogP contribution in [0.1, 0.15) is 63.8 Å². The SMILES string of the molecule is CC(O/N=C(\C(=O)NC(C)C(C)(C)N(C=O)OS(=O)(=O)O)c1csc(N)n1)C1CCc2cc(C(N)=NC3CCN(CC(O)CN)CC3)ccc2O1. The number of piperidine rings is 1. The summed E-state index contributed by atoms with van der Waals surface area (Å²) in [5.41, 5.74) is 18.0. The molecule has 1 saturated heterocycles. The van der Waals surface area contributed by atoms with Gasteiger partial charge >= 0.3 is 10.4 Å². The Morgan fingerprint density at radius 3 is 2.61 bits per heavy atom. The maximum Gasteiger partial charge on any atom is 0.418 e. The number of hydroxylamine groups is 2. The predicted molar refractivity (Wildman–Crippen MR) is 190 cm³/mol. The van der Waals surface area contributed by atoms with Crippen molar-refractivity contribution in [2.75, 3.05) is 31.9 Å². The molecule has 0 saturated carbocycles. The number of nitrogen functional groups attached to an aromatic ring is 1. The number of benzene rings is 1. The molecule has 4 rings (SSSR count). The molecule has 0 spiro atoms. The molecule has 4 unspecified atom stereocenters. The number of aromatic nitrogens is 1. The number of anilines is 1. The molecule has 51 heavy (non-hydrogen) atoms. The number of aliphatic imine (C=N–C) groups is 1. The minimum absolute atomic E-state index is 0.0625. The Bertz CT molecular complexity index is 1690. The van der Waals surface area contributed by atoms with Crippen molar-refractivity contribution >= 4 is 50.7 Å². The fraction of sp³-hybridized carbons (Fsp3) is 0.581. The molecule has 0 bridgehead atoms. The molecule has 0 radical (unpaired) electrons. The number of nitrogens with one attached hydrogen (secondary N) is 1. The first-order valence-electron chi connectivity index (χ1n) is 16.4. The van der Waals surface area contributed by atoms with Crippen molar-refractivity contribution in [3.63, 3.8) is 0 Å². The van der Waals surface area contributed by atoms with Crippen molar-refractivity contribution in [1.29, 1.82) is 0 Å². The van der Waals surface area contributed by atoms with Gasteiger partial charge in [0.1, 0.15) is 23.4 Å². The third-order valence-corrected chi connectivity index (χ3v) is 10.0. The van der Waals surface area contributed by atoms with Crippen molar-refractivity contribution < 1.29 is 41.5 Å². The molecule has 0 aliphatic carbocycles. The fourth-order valence-electron chi connectivity index (χ4n) is 5.56. The highest BCUT2D eigenvalue weighted by molar-refractivity contribution is 7.80. The third-order valence-electron chi connectivity index (χ3n) is 9.01. The number of thiazole rings is 1. The lowest BCUT2D eigenvalue weighted by atomic mass is 9.95. The molecule has 2 aromatic rings. The molecule has 2 amide bonds. The molecule has 1 aromatic carbocycles. The van der Waals surface area contributed by atoms with E-state index in [1.165, 1.54) is 26.2 Å². The molecular formula is C31H47N9O9S2. The summed E-state index contributed by atoms with van der Waals surface area (Å²) >= 11 is 1.08. The summed E-state index contributed by atoms with van der Waals surface area (Å²) in [6, 6.07) is 4.85. The van der Waals surface area contributed by atoms with E-state index in [9.17, 15) is 23.1 Å². The zero-order valence-corrected chi connectivity index (χ0v) is 30.6. The Labute approximate surface area is 300 Å². The van der Waals surface area contributed by atoms with Gasteiger partial charge in [-0.25, -0.2) is 4.98 Å². The van der Waals surface area contributed by atoms with Gasteiger partial charge in [-0.15, -0.1) is 15.6 Å². The third kappa shape index (κ3) is 10.8. The Balaban J connectivity index is 1.40. The van der Waals surface area contributed by atoms with E-state index in [0.717, 1.165) is 48.4 Å². The highest BCUT2D eigenvalue weighted by Crippen LogP contribution is 2.31. The lowest BCUT2D eigenvalue weighted by Gasteiger charge is -2.37. The summed E-state index contributed by atoms with van der Waals surface area (Å²) in [7, 11) is -5.02. The summed E-state index contributed by atoms with van der Waals surface area (Å²) < 4.78 is 42.2. The topological polar surface area (TPSA) is 271 Å². The van der Waals surface area contributed by atoms with Crippen LogP contribution < -0.4 is 27.3 Å². The van der Waals surface area contributed by atoms with E-state index in [-0.39, 0.29) is 35.5 Å². The van der Waals surface area contributed by atoms with Gasteiger partial charge in [0.05, 0.1) is 23.7 Å². The average Bonchev–Trinajstić information content (AvgIpc) is 3.52. The zero-order valence-electron chi connectivity index (χ0n) is 29.0. The number of aliphatic hydroxyl groups is 1. The Morgan fingerprint density at radius 2 is 2.00 bits per heavy atom. The lowest BCUT2D eigenvalue weighted by Crippen LogP contribution is -2.58. The summed E-state index contributed by atoms with van der Waals surface area (Å²) in [5.74, 6) is 0.368. The molecule has 9 N–H and O–H groups in total. The number of aliphatic hydroxyl groups excluding tert-OH is 1. The van der Waals surface area contributed by atoms with E-state index in [0.29, 0.717) is 36.0 Å². The molecule has 2 aliphatic rings. The normalized spacial score (nSPS) is 19.7. The number of β-amino-alcohol motifs (C(OH)–C–C–N with tert-alkyl or cyclic N) is 1. The van der Waals surface area contributed by atoms with Gasteiger partial charge in [-0.1, -0.05) is 5.16 Å². The minimum atomic E-state index is -5.02.